The quantitative estimate of drug-likeness (QED) is 0.230. The molecule has 42 heavy (non-hydrogen) atoms. The molecule has 0 aromatic heterocycles. The minimum Gasteiger partial charge on any atom is -0.497 e. The number of rotatable bonds is 11. The van der Waals surface area contributed by atoms with Crippen LogP contribution in [0.3, 0.4) is 0 Å². The Morgan fingerprint density at radius 3 is 2.02 bits per heavy atom. The summed E-state index contributed by atoms with van der Waals surface area (Å²) in [6.45, 7) is 1.33. The summed E-state index contributed by atoms with van der Waals surface area (Å²) in [6.07, 6.45) is 0. The number of aryl methyl sites for hydroxylation is 1. The fourth-order valence-corrected chi connectivity index (χ4v) is 6.51. The van der Waals surface area contributed by atoms with E-state index in [4.69, 9.17) is 21.1 Å². The minimum atomic E-state index is -4.13. The molecular formula is C29H28ClN3O7S2. The average Bonchev–Trinajstić information content (AvgIpc) is 2.96. The average molecular weight is 630 g/mol. The molecule has 0 fully saturated rings. The van der Waals surface area contributed by atoms with Crippen molar-refractivity contribution >= 4 is 54.6 Å². The summed E-state index contributed by atoms with van der Waals surface area (Å²) in [6, 6.07) is 22.5. The molecule has 0 atom stereocenters. The third-order valence-electron chi connectivity index (χ3n) is 6.11. The van der Waals surface area contributed by atoms with Gasteiger partial charge in [0, 0.05) is 16.8 Å². The molecule has 4 aromatic carbocycles. The fraction of sp³-hybridized carbons (Fsp3) is 0.138. The van der Waals surface area contributed by atoms with Crippen LogP contribution in [0, 0.1) is 6.92 Å². The molecule has 0 radical (unpaired) electrons. The molecule has 1 amide bonds. The molecule has 4 aromatic rings. The van der Waals surface area contributed by atoms with Crippen LogP contribution in [0.15, 0.2) is 101 Å². The van der Waals surface area contributed by atoms with Crippen LogP contribution in [0.1, 0.15) is 5.56 Å². The van der Waals surface area contributed by atoms with Gasteiger partial charge in [-0.05, 0) is 79.7 Å². The highest BCUT2D eigenvalue weighted by Crippen LogP contribution is 2.31. The van der Waals surface area contributed by atoms with Crippen LogP contribution in [0.25, 0.3) is 0 Å². The zero-order valence-electron chi connectivity index (χ0n) is 22.9. The van der Waals surface area contributed by atoms with Crippen LogP contribution in [0.5, 0.6) is 11.5 Å². The molecule has 0 bridgehead atoms. The Labute approximate surface area is 250 Å². The first kappa shape index (κ1) is 30.7. The van der Waals surface area contributed by atoms with E-state index in [0.29, 0.717) is 22.2 Å². The van der Waals surface area contributed by atoms with E-state index in [9.17, 15) is 21.6 Å². The molecule has 4 rings (SSSR count). The topological polar surface area (TPSA) is 131 Å². The van der Waals surface area contributed by atoms with Crippen molar-refractivity contribution in [2.75, 3.05) is 35.1 Å². The highest BCUT2D eigenvalue weighted by molar-refractivity contribution is 7.93. The molecule has 13 heteroatoms. The number of methoxy groups -OCH3 is 2. The van der Waals surface area contributed by atoms with E-state index >= 15 is 0 Å². The highest BCUT2D eigenvalue weighted by Gasteiger charge is 2.27. The van der Waals surface area contributed by atoms with Crippen molar-refractivity contribution in [2.24, 2.45) is 0 Å². The summed E-state index contributed by atoms with van der Waals surface area (Å²) in [7, 11) is -5.28. The summed E-state index contributed by atoms with van der Waals surface area (Å²) >= 11 is 5.93. The van der Waals surface area contributed by atoms with Gasteiger partial charge in [0.05, 0.1) is 35.4 Å². The van der Waals surface area contributed by atoms with Crippen molar-refractivity contribution in [1.29, 1.82) is 0 Å². The highest BCUT2D eigenvalue weighted by atomic mass is 35.5. The molecule has 0 saturated carbocycles. The summed E-state index contributed by atoms with van der Waals surface area (Å²) in [5, 5.41) is 3.00. The molecule has 0 aliphatic rings. The largest absolute Gasteiger partial charge is 0.497 e. The number of halogens is 1. The van der Waals surface area contributed by atoms with Gasteiger partial charge in [-0.15, -0.1) is 0 Å². The monoisotopic (exact) mass is 629 g/mol. The fourth-order valence-electron chi connectivity index (χ4n) is 3.91. The maximum absolute atomic E-state index is 13.5. The molecule has 0 spiro atoms. The second kappa shape index (κ2) is 12.7. The van der Waals surface area contributed by atoms with Crippen molar-refractivity contribution in [3.63, 3.8) is 0 Å². The second-order valence-corrected chi connectivity index (χ2v) is 13.0. The summed E-state index contributed by atoms with van der Waals surface area (Å²) in [4.78, 5) is 12.9. The SMILES string of the molecule is COc1ccc(OC)c(NS(=O)(=O)c2ccc(NC(=O)CN(c3ccc(C)cc3)S(=O)(=O)c3ccc(Cl)cc3)cc2)c1. The Morgan fingerprint density at radius 2 is 1.43 bits per heavy atom. The first-order valence-electron chi connectivity index (χ1n) is 12.4. The number of carbonyl (C=O) groups is 1. The number of hydrogen-bond donors (Lipinski definition) is 2. The third-order valence-corrected chi connectivity index (χ3v) is 9.53. The molecule has 0 heterocycles. The summed E-state index contributed by atoms with van der Waals surface area (Å²) in [5.74, 6) is 0.0993. The molecule has 0 aliphatic carbocycles. The number of carbonyl (C=O) groups excluding carboxylic acids is 1. The third kappa shape index (κ3) is 7.14. The Hall–Kier alpha value is -4.26. The number of benzene rings is 4. The Balaban J connectivity index is 1.53. The maximum atomic E-state index is 13.5. The van der Waals surface area contributed by atoms with E-state index in [2.05, 4.69) is 10.0 Å². The normalized spacial score (nSPS) is 11.4. The van der Waals surface area contributed by atoms with E-state index in [0.717, 1.165) is 9.87 Å². The van der Waals surface area contributed by atoms with Crippen LogP contribution < -0.4 is 23.8 Å². The number of hydrogen-bond acceptors (Lipinski definition) is 7. The van der Waals surface area contributed by atoms with Gasteiger partial charge in [0.1, 0.15) is 18.0 Å². The van der Waals surface area contributed by atoms with Gasteiger partial charge in [-0.1, -0.05) is 29.3 Å². The van der Waals surface area contributed by atoms with E-state index in [1.165, 1.54) is 68.8 Å². The van der Waals surface area contributed by atoms with Gasteiger partial charge >= 0.3 is 0 Å². The van der Waals surface area contributed by atoms with Crippen LogP contribution in [-0.4, -0.2) is 43.5 Å². The van der Waals surface area contributed by atoms with Crippen molar-refractivity contribution in [2.45, 2.75) is 16.7 Å². The molecule has 0 saturated heterocycles. The van der Waals surface area contributed by atoms with Crippen molar-refractivity contribution in [1.82, 2.24) is 0 Å². The zero-order valence-corrected chi connectivity index (χ0v) is 25.3. The molecule has 10 nitrogen and oxygen atoms in total. The molecule has 2 N–H and O–H groups in total. The lowest BCUT2D eigenvalue weighted by atomic mass is 10.2. The Bertz CT molecular complexity index is 1780. The zero-order chi connectivity index (χ0) is 30.5. The van der Waals surface area contributed by atoms with E-state index in [-0.39, 0.29) is 21.2 Å². The predicted molar refractivity (Wildman–Crippen MR) is 163 cm³/mol. The van der Waals surface area contributed by atoms with Gasteiger partial charge in [0.15, 0.2) is 0 Å². The van der Waals surface area contributed by atoms with Crippen molar-refractivity contribution < 1.29 is 31.1 Å². The summed E-state index contributed by atoms with van der Waals surface area (Å²) < 4.78 is 66.9. The number of nitrogens with one attached hydrogen (secondary N) is 2. The molecular weight excluding hydrogens is 602 g/mol. The van der Waals surface area contributed by atoms with E-state index < -0.39 is 32.5 Å². The Kier molecular flexibility index (Phi) is 9.30. The standard InChI is InChI=1S/C29H28ClN3O7S2/c1-20-4-10-23(11-5-20)33(42(37,38)26-13-6-21(30)7-14-26)19-29(34)31-22-8-15-25(16-9-22)41(35,36)32-27-18-24(39-2)12-17-28(27)40-3/h4-18,32H,19H2,1-3H3,(H,31,34). The number of nitrogens with zero attached hydrogens (tertiary/aromatic N) is 1. The van der Waals surface area contributed by atoms with Crippen LogP contribution in [-0.2, 0) is 24.8 Å². The lowest BCUT2D eigenvalue weighted by molar-refractivity contribution is -0.114. The molecule has 0 aliphatic heterocycles. The van der Waals surface area contributed by atoms with Gasteiger partial charge in [-0.25, -0.2) is 16.8 Å². The van der Waals surface area contributed by atoms with Gasteiger partial charge in [-0.2, -0.15) is 0 Å². The van der Waals surface area contributed by atoms with Crippen molar-refractivity contribution in [3.05, 3.63) is 102 Å². The maximum Gasteiger partial charge on any atom is 0.264 e. The molecule has 0 unspecified atom stereocenters. The molecule has 220 valence electrons. The number of amides is 1. The van der Waals surface area contributed by atoms with Crippen LogP contribution in [0.2, 0.25) is 5.02 Å². The van der Waals surface area contributed by atoms with E-state index in [1.807, 2.05) is 6.92 Å². The first-order valence-corrected chi connectivity index (χ1v) is 15.7. The van der Waals surface area contributed by atoms with Crippen molar-refractivity contribution in [3.8, 4) is 11.5 Å². The lowest BCUT2D eigenvalue weighted by Gasteiger charge is -2.24. The van der Waals surface area contributed by atoms with Gasteiger partial charge in [0.2, 0.25) is 5.91 Å². The van der Waals surface area contributed by atoms with Gasteiger partial charge in [-0.3, -0.25) is 13.8 Å². The first-order chi connectivity index (χ1) is 19.9. The lowest BCUT2D eigenvalue weighted by Crippen LogP contribution is -2.38. The number of sulfonamides is 2. The van der Waals surface area contributed by atoms with Gasteiger partial charge in [0.25, 0.3) is 20.0 Å². The minimum absolute atomic E-state index is 0.0324. The Morgan fingerprint density at radius 1 is 0.810 bits per heavy atom. The number of anilines is 3. The smallest absolute Gasteiger partial charge is 0.264 e. The summed E-state index contributed by atoms with van der Waals surface area (Å²) in [5.41, 5.74) is 1.67. The predicted octanol–water partition coefficient (Wildman–Crippen LogP) is 5.30. The van der Waals surface area contributed by atoms with Crippen LogP contribution >= 0.6 is 11.6 Å². The van der Waals surface area contributed by atoms with E-state index in [1.54, 1.807) is 36.4 Å². The number of ether oxygens (including phenoxy) is 2. The van der Waals surface area contributed by atoms with Crippen LogP contribution in [0.4, 0.5) is 17.1 Å². The second-order valence-electron chi connectivity index (χ2n) is 9.05. The van der Waals surface area contributed by atoms with Gasteiger partial charge < -0.3 is 14.8 Å².